The first kappa shape index (κ1) is 14.0. The van der Waals surface area contributed by atoms with E-state index >= 15 is 0 Å². The monoisotopic (exact) mass is 264 g/mol. The molecular formula is C3H10N2O6P2S. The molecule has 0 saturated heterocycles. The normalized spacial score (nSPS) is 12.7. The lowest BCUT2D eigenvalue weighted by Gasteiger charge is -2.21. The minimum atomic E-state index is -4.97. The molecule has 0 fully saturated rings. The van der Waals surface area contributed by atoms with Crippen LogP contribution in [0.25, 0.3) is 0 Å². The van der Waals surface area contributed by atoms with Crippen molar-refractivity contribution in [3.63, 3.8) is 0 Å². The summed E-state index contributed by atoms with van der Waals surface area (Å²) in [5.41, 5.74) is -2.31. The van der Waals surface area contributed by atoms with Crippen LogP contribution in [-0.2, 0) is 9.13 Å². The van der Waals surface area contributed by atoms with Crippen molar-refractivity contribution in [1.29, 1.82) is 0 Å². The summed E-state index contributed by atoms with van der Waals surface area (Å²) in [4.78, 5) is 34.5. The summed E-state index contributed by atoms with van der Waals surface area (Å²) in [6, 6.07) is 0. The topological polar surface area (TPSA) is 139 Å². The van der Waals surface area contributed by atoms with E-state index < -0.39 is 20.7 Å². The molecule has 14 heavy (non-hydrogen) atoms. The second-order valence-corrected chi connectivity index (χ2v) is 6.48. The average molecular weight is 264 g/mol. The number of thiocarbonyl (C=S) groups is 1. The standard InChI is InChI=1S/C3H10N2O6P2S/c1-4-2(14)5-3(12(6,7)8)13(9,10)11/h3H,1H3,(H2,4,5,14)(H2,6,7,8)(H2,9,10,11). The molecule has 0 aromatic carbocycles. The Morgan fingerprint density at radius 3 is 1.79 bits per heavy atom. The van der Waals surface area contributed by atoms with Crippen LogP contribution in [0.2, 0.25) is 0 Å². The van der Waals surface area contributed by atoms with E-state index in [1.807, 2.05) is 5.32 Å². The Hall–Kier alpha value is -0.0100. The van der Waals surface area contributed by atoms with Crippen LogP contribution in [0, 0.1) is 0 Å². The van der Waals surface area contributed by atoms with Gasteiger partial charge in [-0.15, -0.1) is 0 Å². The lowest BCUT2D eigenvalue weighted by molar-refractivity contribution is 0.335. The van der Waals surface area contributed by atoms with Crippen LogP contribution >= 0.6 is 27.4 Å². The highest BCUT2D eigenvalue weighted by molar-refractivity contribution is 7.80. The molecule has 0 aliphatic heterocycles. The minimum Gasteiger partial charge on any atom is -0.366 e. The number of hydrogen-bond acceptors (Lipinski definition) is 3. The van der Waals surface area contributed by atoms with Gasteiger partial charge in [0.15, 0.2) is 5.11 Å². The molecule has 0 rings (SSSR count). The Morgan fingerprint density at radius 2 is 1.57 bits per heavy atom. The molecule has 0 amide bonds. The highest BCUT2D eigenvalue weighted by Crippen LogP contribution is 2.58. The van der Waals surface area contributed by atoms with Crippen molar-refractivity contribution in [3.8, 4) is 0 Å². The maximum absolute atomic E-state index is 10.7. The molecule has 0 bridgehead atoms. The molecule has 0 unspecified atom stereocenters. The smallest absolute Gasteiger partial charge is 0.360 e. The number of nitrogens with one attached hydrogen (secondary N) is 2. The third-order valence-electron chi connectivity index (χ3n) is 1.12. The zero-order valence-corrected chi connectivity index (χ0v) is 9.59. The highest BCUT2D eigenvalue weighted by Gasteiger charge is 2.43. The van der Waals surface area contributed by atoms with Gasteiger partial charge in [0.05, 0.1) is 0 Å². The van der Waals surface area contributed by atoms with Crippen molar-refractivity contribution >= 4 is 32.5 Å². The predicted molar refractivity (Wildman–Crippen MR) is 52.7 cm³/mol. The fraction of sp³-hybridized carbons (Fsp3) is 0.667. The fourth-order valence-electron chi connectivity index (χ4n) is 0.554. The zero-order valence-electron chi connectivity index (χ0n) is 6.99. The summed E-state index contributed by atoms with van der Waals surface area (Å²) >= 11 is 4.46. The first-order chi connectivity index (χ1) is 6.09. The number of hydrogen-bond donors (Lipinski definition) is 6. The van der Waals surface area contributed by atoms with E-state index in [1.165, 1.54) is 7.05 Å². The highest BCUT2D eigenvalue weighted by atomic mass is 32.1. The second-order valence-electron chi connectivity index (χ2n) is 2.28. The van der Waals surface area contributed by atoms with E-state index in [4.69, 9.17) is 19.6 Å². The van der Waals surface area contributed by atoms with Gasteiger partial charge in [0.25, 0.3) is 0 Å². The van der Waals surface area contributed by atoms with Crippen molar-refractivity contribution in [2.75, 3.05) is 7.05 Å². The van der Waals surface area contributed by atoms with Crippen molar-refractivity contribution < 1.29 is 28.7 Å². The first-order valence-corrected chi connectivity index (χ1v) is 6.95. The summed E-state index contributed by atoms with van der Waals surface area (Å²) in [5.74, 6) is 0. The van der Waals surface area contributed by atoms with Crippen molar-refractivity contribution in [2.24, 2.45) is 0 Å². The van der Waals surface area contributed by atoms with Gasteiger partial charge in [0, 0.05) is 7.05 Å². The van der Waals surface area contributed by atoms with Gasteiger partial charge in [-0.05, 0) is 12.2 Å². The van der Waals surface area contributed by atoms with Gasteiger partial charge in [-0.2, -0.15) is 0 Å². The Labute approximate surface area is 85.0 Å². The van der Waals surface area contributed by atoms with Gasteiger partial charge in [-0.25, -0.2) is 0 Å². The van der Waals surface area contributed by atoms with Gasteiger partial charge < -0.3 is 30.2 Å². The quantitative estimate of drug-likeness (QED) is 0.271. The zero-order chi connectivity index (χ0) is 11.6. The first-order valence-electron chi connectivity index (χ1n) is 3.17. The second kappa shape index (κ2) is 4.67. The summed E-state index contributed by atoms with van der Waals surface area (Å²) in [6.07, 6.45) is 0. The molecule has 0 radical (unpaired) electrons. The Bertz CT molecular complexity index is 286. The van der Waals surface area contributed by atoms with Crippen molar-refractivity contribution in [2.45, 2.75) is 5.52 Å². The van der Waals surface area contributed by atoms with E-state index in [0.717, 1.165) is 0 Å². The molecule has 8 nitrogen and oxygen atoms in total. The average Bonchev–Trinajstić information content (AvgIpc) is 1.95. The van der Waals surface area contributed by atoms with Crippen LogP contribution in [0.1, 0.15) is 0 Å². The maximum Gasteiger partial charge on any atom is 0.360 e. The predicted octanol–water partition coefficient (Wildman–Crippen LogP) is -1.28. The molecule has 6 N–H and O–H groups in total. The Kier molecular flexibility index (Phi) is 4.67. The van der Waals surface area contributed by atoms with Gasteiger partial charge in [0.2, 0.25) is 5.52 Å². The van der Waals surface area contributed by atoms with E-state index in [1.54, 1.807) is 0 Å². The molecule has 11 heteroatoms. The summed E-state index contributed by atoms with van der Waals surface area (Å²) in [6.45, 7) is 0. The molecule has 0 atom stereocenters. The Morgan fingerprint density at radius 1 is 1.21 bits per heavy atom. The van der Waals surface area contributed by atoms with Crippen LogP contribution < -0.4 is 10.6 Å². The van der Waals surface area contributed by atoms with Gasteiger partial charge >= 0.3 is 15.2 Å². The molecule has 0 aromatic rings. The summed E-state index contributed by atoms with van der Waals surface area (Å²) in [7, 11) is -8.59. The molecule has 0 heterocycles. The fourth-order valence-corrected chi connectivity index (χ4v) is 3.01. The molecular weight excluding hydrogens is 254 g/mol. The molecule has 0 spiro atoms. The molecule has 0 aromatic heterocycles. The molecule has 0 saturated carbocycles. The van der Waals surface area contributed by atoms with E-state index in [2.05, 4.69) is 17.5 Å². The van der Waals surface area contributed by atoms with E-state index in [9.17, 15) is 9.13 Å². The van der Waals surface area contributed by atoms with E-state index in [-0.39, 0.29) is 5.11 Å². The summed E-state index contributed by atoms with van der Waals surface area (Å²) < 4.78 is 21.4. The van der Waals surface area contributed by atoms with Crippen LogP contribution in [0.5, 0.6) is 0 Å². The van der Waals surface area contributed by atoms with Crippen LogP contribution in [-0.4, -0.2) is 37.3 Å². The molecule has 84 valence electrons. The third kappa shape index (κ3) is 4.47. The molecule has 0 aliphatic carbocycles. The number of rotatable bonds is 3. The van der Waals surface area contributed by atoms with Crippen LogP contribution in [0.15, 0.2) is 0 Å². The van der Waals surface area contributed by atoms with Crippen LogP contribution in [0.4, 0.5) is 0 Å². The Balaban J connectivity index is 4.87. The van der Waals surface area contributed by atoms with Crippen molar-refractivity contribution in [1.82, 2.24) is 10.6 Å². The maximum atomic E-state index is 10.7. The SMILES string of the molecule is CNC(=S)NC(P(=O)(O)O)P(=O)(O)O. The van der Waals surface area contributed by atoms with Gasteiger partial charge in [0.1, 0.15) is 0 Å². The van der Waals surface area contributed by atoms with Gasteiger partial charge in [-0.1, -0.05) is 0 Å². The van der Waals surface area contributed by atoms with Crippen molar-refractivity contribution in [3.05, 3.63) is 0 Å². The lowest BCUT2D eigenvalue weighted by atomic mass is 11.0. The van der Waals surface area contributed by atoms with E-state index in [0.29, 0.717) is 0 Å². The van der Waals surface area contributed by atoms with Gasteiger partial charge in [-0.3, -0.25) is 9.13 Å². The minimum absolute atomic E-state index is 0.262. The molecule has 0 aliphatic rings. The van der Waals surface area contributed by atoms with Crippen LogP contribution in [0.3, 0.4) is 0 Å². The lowest BCUT2D eigenvalue weighted by Crippen LogP contribution is -2.40. The summed E-state index contributed by atoms with van der Waals surface area (Å²) in [5, 5.41) is 3.85. The largest absolute Gasteiger partial charge is 0.366 e. The third-order valence-corrected chi connectivity index (χ3v) is 4.78.